The molecule has 7 heteroatoms. The Morgan fingerprint density at radius 2 is 2.29 bits per heavy atom. The van der Waals surface area contributed by atoms with Crippen molar-refractivity contribution in [2.45, 2.75) is 19.5 Å². The third-order valence-electron chi connectivity index (χ3n) is 3.96. The maximum absolute atomic E-state index is 12.4. The van der Waals surface area contributed by atoms with Crippen LogP contribution in [-0.4, -0.2) is 72.7 Å². The summed E-state index contributed by atoms with van der Waals surface area (Å²) in [6, 6.07) is -0.161. The van der Waals surface area contributed by atoms with E-state index in [4.69, 9.17) is 4.74 Å². The van der Waals surface area contributed by atoms with Gasteiger partial charge in [-0.15, -0.1) is 11.3 Å². The fourth-order valence-corrected chi connectivity index (χ4v) is 3.38. The minimum Gasteiger partial charge on any atom is -0.378 e. The lowest BCUT2D eigenvalue weighted by Crippen LogP contribution is -2.57. The van der Waals surface area contributed by atoms with Gasteiger partial charge in [-0.05, 0) is 6.92 Å². The molecule has 6 nitrogen and oxygen atoms in total. The van der Waals surface area contributed by atoms with E-state index in [1.165, 1.54) is 0 Å². The lowest BCUT2D eigenvalue weighted by molar-refractivity contribution is -0.138. The molecule has 1 atom stereocenters. The molecule has 2 aliphatic rings. The van der Waals surface area contributed by atoms with E-state index in [1.807, 2.05) is 11.8 Å². The summed E-state index contributed by atoms with van der Waals surface area (Å²) in [6.45, 7) is 8.29. The van der Waals surface area contributed by atoms with Crippen LogP contribution in [0.3, 0.4) is 0 Å². The number of carbonyl (C=O) groups is 1. The zero-order valence-electron chi connectivity index (χ0n) is 12.4. The van der Waals surface area contributed by atoms with Gasteiger partial charge in [-0.2, -0.15) is 0 Å². The largest absolute Gasteiger partial charge is 0.378 e. The van der Waals surface area contributed by atoms with Crippen LogP contribution in [0.1, 0.15) is 10.7 Å². The highest BCUT2D eigenvalue weighted by atomic mass is 32.1. The van der Waals surface area contributed by atoms with Crippen LogP contribution in [0, 0.1) is 6.92 Å². The molecule has 0 saturated carbocycles. The molecule has 1 aromatic rings. The van der Waals surface area contributed by atoms with Gasteiger partial charge in [0.2, 0.25) is 5.91 Å². The SMILES string of the molecule is Cc1nc(CN2CCN(C(=O)C3COCCN3)CC2)cs1. The van der Waals surface area contributed by atoms with Gasteiger partial charge in [0.05, 0.1) is 23.9 Å². The molecular weight excluding hydrogens is 288 g/mol. The fraction of sp³-hybridized carbons (Fsp3) is 0.714. The maximum atomic E-state index is 12.4. The molecule has 3 heterocycles. The summed E-state index contributed by atoms with van der Waals surface area (Å²) in [5.41, 5.74) is 1.14. The molecule has 1 unspecified atom stereocenters. The molecule has 2 aliphatic heterocycles. The van der Waals surface area contributed by atoms with Gasteiger partial charge in [-0.1, -0.05) is 0 Å². The first-order chi connectivity index (χ1) is 10.2. The monoisotopic (exact) mass is 310 g/mol. The van der Waals surface area contributed by atoms with E-state index in [-0.39, 0.29) is 11.9 Å². The number of piperazine rings is 1. The summed E-state index contributed by atoms with van der Waals surface area (Å²) in [7, 11) is 0. The van der Waals surface area contributed by atoms with Crippen LogP contribution >= 0.6 is 11.3 Å². The van der Waals surface area contributed by atoms with E-state index in [0.29, 0.717) is 13.2 Å². The van der Waals surface area contributed by atoms with Crippen LogP contribution in [-0.2, 0) is 16.1 Å². The molecule has 2 saturated heterocycles. The lowest BCUT2D eigenvalue weighted by atomic mass is 10.2. The number of aryl methyl sites for hydroxylation is 1. The predicted molar refractivity (Wildman–Crippen MR) is 81.3 cm³/mol. The Kier molecular flexibility index (Phi) is 4.84. The van der Waals surface area contributed by atoms with Crippen LogP contribution in [0.5, 0.6) is 0 Å². The molecule has 116 valence electrons. The summed E-state index contributed by atoms with van der Waals surface area (Å²) in [5, 5.41) is 6.47. The summed E-state index contributed by atoms with van der Waals surface area (Å²) in [6.07, 6.45) is 0. The van der Waals surface area contributed by atoms with Gasteiger partial charge in [0.1, 0.15) is 6.04 Å². The van der Waals surface area contributed by atoms with Gasteiger partial charge >= 0.3 is 0 Å². The van der Waals surface area contributed by atoms with Crippen LogP contribution in [0.25, 0.3) is 0 Å². The topological polar surface area (TPSA) is 57.7 Å². The molecule has 0 bridgehead atoms. The molecule has 0 spiro atoms. The van der Waals surface area contributed by atoms with Gasteiger partial charge < -0.3 is 15.0 Å². The maximum Gasteiger partial charge on any atom is 0.242 e. The molecule has 0 aromatic carbocycles. The van der Waals surface area contributed by atoms with Crippen molar-refractivity contribution >= 4 is 17.2 Å². The number of nitrogens with zero attached hydrogens (tertiary/aromatic N) is 3. The average Bonchev–Trinajstić information content (AvgIpc) is 2.93. The fourth-order valence-electron chi connectivity index (χ4n) is 2.78. The molecule has 3 rings (SSSR count). The van der Waals surface area contributed by atoms with Crippen molar-refractivity contribution in [1.29, 1.82) is 0 Å². The lowest BCUT2D eigenvalue weighted by Gasteiger charge is -2.37. The Labute approximate surface area is 129 Å². The van der Waals surface area contributed by atoms with Crippen LogP contribution in [0.4, 0.5) is 0 Å². The number of ether oxygens (including phenoxy) is 1. The third kappa shape index (κ3) is 3.79. The van der Waals surface area contributed by atoms with E-state index < -0.39 is 0 Å². The number of aromatic nitrogens is 1. The van der Waals surface area contributed by atoms with Crippen LogP contribution in [0.2, 0.25) is 0 Å². The van der Waals surface area contributed by atoms with Gasteiger partial charge in [0, 0.05) is 44.6 Å². The Morgan fingerprint density at radius 3 is 2.90 bits per heavy atom. The van der Waals surface area contributed by atoms with E-state index in [1.54, 1.807) is 11.3 Å². The zero-order chi connectivity index (χ0) is 14.7. The highest BCUT2D eigenvalue weighted by Crippen LogP contribution is 2.13. The molecule has 21 heavy (non-hydrogen) atoms. The number of carbonyl (C=O) groups excluding carboxylic acids is 1. The predicted octanol–water partition coefficient (Wildman–Crippen LogP) is 0.0841. The number of thiazole rings is 1. The number of hydrogen-bond donors (Lipinski definition) is 1. The smallest absolute Gasteiger partial charge is 0.242 e. The van der Waals surface area contributed by atoms with Gasteiger partial charge in [-0.3, -0.25) is 9.69 Å². The van der Waals surface area contributed by atoms with E-state index in [9.17, 15) is 4.79 Å². The normalized spacial score (nSPS) is 24.2. The van der Waals surface area contributed by atoms with Crippen molar-refractivity contribution < 1.29 is 9.53 Å². The van der Waals surface area contributed by atoms with E-state index in [2.05, 4.69) is 20.6 Å². The van der Waals surface area contributed by atoms with Crippen LogP contribution in [0.15, 0.2) is 5.38 Å². The van der Waals surface area contributed by atoms with Crippen LogP contribution < -0.4 is 5.32 Å². The Morgan fingerprint density at radius 1 is 1.48 bits per heavy atom. The summed E-state index contributed by atoms with van der Waals surface area (Å²) in [4.78, 5) is 21.2. The van der Waals surface area contributed by atoms with Crippen molar-refractivity contribution in [2.24, 2.45) is 0 Å². The second-order valence-electron chi connectivity index (χ2n) is 5.54. The third-order valence-corrected chi connectivity index (χ3v) is 4.78. The molecule has 1 N–H and O–H groups in total. The minimum atomic E-state index is -0.161. The second kappa shape index (κ2) is 6.83. The number of hydrogen-bond acceptors (Lipinski definition) is 6. The summed E-state index contributed by atoms with van der Waals surface area (Å²) < 4.78 is 5.37. The molecule has 0 radical (unpaired) electrons. The first-order valence-electron chi connectivity index (χ1n) is 7.45. The molecule has 0 aliphatic carbocycles. The highest BCUT2D eigenvalue weighted by Gasteiger charge is 2.28. The van der Waals surface area contributed by atoms with Crippen molar-refractivity contribution in [2.75, 3.05) is 45.9 Å². The molecule has 2 fully saturated rings. The van der Waals surface area contributed by atoms with Crippen molar-refractivity contribution in [3.63, 3.8) is 0 Å². The quantitative estimate of drug-likeness (QED) is 0.857. The minimum absolute atomic E-state index is 0.161. The van der Waals surface area contributed by atoms with Gasteiger partial charge in [-0.25, -0.2) is 4.98 Å². The number of morpholine rings is 1. The standard InChI is InChI=1S/C14H22N4O2S/c1-11-16-12(10-21-11)8-17-3-5-18(6-4-17)14(19)13-9-20-7-2-15-13/h10,13,15H,2-9H2,1H3. The van der Waals surface area contributed by atoms with Crippen molar-refractivity contribution in [1.82, 2.24) is 20.1 Å². The highest BCUT2D eigenvalue weighted by molar-refractivity contribution is 7.09. The van der Waals surface area contributed by atoms with Gasteiger partial charge in [0.15, 0.2) is 0 Å². The van der Waals surface area contributed by atoms with E-state index >= 15 is 0 Å². The zero-order valence-corrected chi connectivity index (χ0v) is 13.2. The summed E-state index contributed by atoms with van der Waals surface area (Å²) in [5.74, 6) is 0.179. The average molecular weight is 310 g/mol. The van der Waals surface area contributed by atoms with E-state index in [0.717, 1.165) is 50.0 Å². The Hall–Kier alpha value is -1.02. The number of amides is 1. The Bertz CT molecular complexity index is 479. The number of rotatable bonds is 3. The molecule has 1 aromatic heterocycles. The Balaban J connectivity index is 1.47. The molecular formula is C14H22N4O2S. The van der Waals surface area contributed by atoms with Crippen molar-refractivity contribution in [3.05, 3.63) is 16.1 Å². The van der Waals surface area contributed by atoms with Crippen molar-refractivity contribution in [3.8, 4) is 0 Å². The molecule has 1 amide bonds. The first-order valence-corrected chi connectivity index (χ1v) is 8.33. The summed E-state index contributed by atoms with van der Waals surface area (Å²) >= 11 is 1.69. The van der Waals surface area contributed by atoms with Gasteiger partial charge in [0.25, 0.3) is 0 Å². The number of nitrogens with one attached hydrogen (secondary N) is 1. The second-order valence-corrected chi connectivity index (χ2v) is 6.60. The first kappa shape index (κ1) is 14.9.